The van der Waals surface area contributed by atoms with Gasteiger partial charge in [0, 0.05) is 0 Å². The molecule has 4 aromatic heterocycles. The van der Waals surface area contributed by atoms with Gasteiger partial charge in [0.05, 0.1) is 14.1 Å². The molecule has 8 nitrogen and oxygen atoms in total. The van der Waals surface area contributed by atoms with Crippen LogP contribution in [0.4, 0.5) is 0 Å². The lowest BCUT2D eigenvalue weighted by Crippen LogP contribution is -2.50. The highest BCUT2D eigenvalue weighted by molar-refractivity contribution is 4.70. The van der Waals surface area contributed by atoms with Crippen LogP contribution >= 0.6 is 0 Å². The van der Waals surface area contributed by atoms with Gasteiger partial charge in [-0.05, 0) is 49.6 Å². The van der Waals surface area contributed by atoms with Crippen LogP contribution in [0.25, 0.3) is 0 Å². The number of rotatable bonds is 6. The van der Waals surface area contributed by atoms with Gasteiger partial charge in [-0.3, -0.25) is 0 Å². The SMILES string of the molecule is Cn1[c-][n+](C[n+]2[c-]n(C[n+]3[c-]n(Cn4[c-][n+](C)cc4)cc3)cc2)cc1. The summed E-state index contributed by atoms with van der Waals surface area (Å²) in [6, 6.07) is 0. The van der Waals surface area contributed by atoms with Gasteiger partial charge in [-0.1, -0.05) is 0 Å². The van der Waals surface area contributed by atoms with Crippen LogP contribution in [0.1, 0.15) is 0 Å². The van der Waals surface area contributed by atoms with Crippen LogP contribution in [0.15, 0.2) is 49.6 Å². The molecule has 0 aromatic carbocycles. The second-order valence-corrected chi connectivity index (χ2v) is 6.06. The Labute approximate surface area is 146 Å². The minimum absolute atomic E-state index is 0.659. The monoisotopic (exact) mass is 336 g/mol. The van der Waals surface area contributed by atoms with Crippen LogP contribution in [0.3, 0.4) is 0 Å². The fourth-order valence-electron chi connectivity index (χ4n) is 2.65. The van der Waals surface area contributed by atoms with E-state index >= 15 is 0 Å². The maximum atomic E-state index is 3.30. The molecule has 0 N–H and O–H groups in total. The highest BCUT2D eigenvalue weighted by Gasteiger charge is 2.02. The van der Waals surface area contributed by atoms with E-state index in [0.717, 1.165) is 0 Å². The van der Waals surface area contributed by atoms with Crippen LogP contribution < -0.4 is 18.3 Å². The van der Waals surface area contributed by atoms with Crippen molar-refractivity contribution >= 4 is 0 Å². The summed E-state index contributed by atoms with van der Waals surface area (Å²) in [5, 5.41) is 0. The van der Waals surface area contributed by atoms with Crippen molar-refractivity contribution in [3.8, 4) is 0 Å². The quantitative estimate of drug-likeness (QED) is 0.284. The molecular weight excluding hydrogens is 316 g/mol. The third kappa shape index (κ3) is 3.68. The van der Waals surface area contributed by atoms with Gasteiger partial charge in [0.15, 0.2) is 20.0 Å². The minimum Gasteiger partial charge on any atom is -0.354 e. The molecular formula is C17H20N8. The molecule has 128 valence electrons. The van der Waals surface area contributed by atoms with E-state index in [2.05, 4.69) is 25.3 Å². The molecule has 0 amide bonds. The summed E-state index contributed by atoms with van der Waals surface area (Å²) in [5.74, 6) is 0. The summed E-state index contributed by atoms with van der Waals surface area (Å²) in [4.78, 5) is 0. The van der Waals surface area contributed by atoms with Gasteiger partial charge in [-0.25, -0.2) is 0 Å². The van der Waals surface area contributed by atoms with Crippen molar-refractivity contribution in [3.05, 3.63) is 74.9 Å². The van der Waals surface area contributed by atoms with Crippen LogP contribution in [0, 0.1) is 25.3 Å². The van der Waals surface area contributed by atoms with E-state index in [9.17, 15) is 0 Å². The number of hydrogen-bond donors (Lipinski definition) is 0. The maximum Gasteiger partial charge on any atom is 0.210 e. The third-order valence-electron chi connectivity index (χ3n) is 3.79. The van der Waals surface area contributed by atoms with Crippen molar-refractivity contribution in [3.63, 3.8) is 0 Å². The lowest BCUT2D eigenvalue weighted by molar-refractivity contribution is -0.916. The van der Waals surface area contributed by atoms with E-state index in [4.69, 9.17) is 0 Å². The summed E-state index contributed by atoms with van der Waals surface area (Å²) in [5.41, 5.74) is 0. The van der Waals surface area contributed by atoms with Crippen molar-refractivity contribution in [2.75, 3.05) is 0 Å². The number of aryl methyl sites for hydroxylation is 2. The highest BCUT2D eigenvalue weighted by Crippen LogP contribution is 1.89. The van der Waals surface area contributed by atoms with Gasteiger partial charge < -0.3 is 36.5 Å². The zero-order chi connectivity index (χ0) is 17.2. The van der Waals surface area contributed by atoms with Crippen molar-refractivity contribution in [2.24, 2.45) is 14.1 Å². The van der Waals surface area contributed by atoms with Crippen molar-refractivity contribution < 1.29 is 18.3 Å². The van der Waals surface area contributed by atoms with Gasteiger partial charge in [0.25, 0.3) is 0 Å². The predicted octanol–water partition coefficient (Wildman–Crippen LogP) is -2.17. The lowest BCUT2D eigenvalue weighted by atomic mass is 10.8. The Kier molecular flexibility index (Phi) is 3.93. The molecule has 0 fully saturated rings. The number of nitrogens with zero attached hydrogens (tertiary/aromatic N) is 8. The zero-order valence-corrected chi connectivity index (χ0v) is 14.3. The number of aromatic nitrogens is 8. The first kappa shape index (κ1) is 15.4. The highest BCUT2D eigenvalue weighted by atomic mass is 15.3. The molecule has 0 radical (unpaired) electrons. The lowest BCUT2D eigenvalue weighted by Gasteiger charge is -2.02. The normalized spacial score (nSPS) is 11.3. The summed E-state index contributed by atoms with van der Waals surface area (Å²) in [6.07, 6.45) is 28.9. The van der Waals surface area contributed by atoms with E-state index in [-0.39, 0.29) is 0 Å². The fourth-order valence-corrected chi connectivity index (χ4v) is 2.65. The van der Waals surface area contributed by atoms with Gasteiger partial charge in [0.1, 0.15) is 0 Å². The van der Waals surface area contributed by atoms with Crippen molar-refractivity contribution in [2.45, 2.75) is 20.0 Å². The first-order valence-electron chi connectivity index (χ1n) is 7.98. The Morgan fingerprint density at radius 3 is 2.12 bits per heavy atom. The summed E-state index contributed by atoms with van der Waals surface area (Å²) in [6.45, 7) is 2.03. The second kappa shape index (κ2) is 6.39. The smallest absolute Gasteiger partial charge is 0.210 e. The molecule has 4 heterocycles. The molecule has 0 saturated heterocycles. The van der Waals surface area contributed by atoms with Gasteiger partial charge in [-0.15, -0.1) is 0 Å². The Morgan fingerprint density at radius 2 is 1.36 bits per heavy atom. The average molecular weight is 336 g/mol. The van der Waals surface area contributed by atoms with Crippen molar-refractivity contribution in [1.29, 1.82) is 0 Å². The van der Waals surface area contributed by atoms with E-state index in [0.29, 0.717) is 20.0 Å². The summed E-state index contributed by atoms with van der Waals surface area (Å²) < 4.78 is 15.7. The first-order valence-corrected chi connectivity index (χ1v) is 7.98. The number of imidazole rings is 4. The molecule has 4 aromatic rings. The standard InChI is InChI=1S/C17H20N8/c1-18-3-5-20(11-18)13-22-7-9-24(15-22)17-25-10-8-23(16-25)14-21-6-4-19(2)12-21/h3-10H,13-14,17H2,1-2H3. The van der Waals surface area contributed by atoms with Crippen LogP contribution in [0.5, 0.6) is 0 Å². The van der Waals surface area contributed by atoms with Gasteiger partial charge in [-0.2, -0.15) is 0 Å². The van der Waals surface area contributed by atoms with E-state index in [1.807, 2.05) is 100 Å². The third-order valence-corrected chi connectivity index (χ3v) is 3.79. The minimum atomic E-state index is 0.659. The van der Waals surface area contributed by atoms with E-state index < -0.39 is 0 Å². The molecule has 0 unspecified atom stereocenters. The van der Waals surface area contributed by atoms with E-state index in [1.165, 1.54) is 0 Å². The molecule has 25 heavy (non-hydrogen) atoms. The molecule has 4 rings (SSSR count). The van der Waals surface area contributed by atoms with Crippen molar-refractivity contribution in [1.82, 2.24) is 18.3 Å². The van der Waals surface area contributed by atoms with Gasteiger partial charge in [0.2, 0.25) is 25.3 Å². The molecule has 0 aliphatic rings. The molecule has 0 spiro atoms. The Hall–Kier alpha value is -3.16. The topological polar surface area (TPSA) is 35.2 Å². The Balaban J connectivity index is 1.39. The van der Waals surface area contributed by atoms with E-state index in [1.54, 1.807) is 0 Å². The first-order chi connectivity index (χ1) is 12.1. The second-order valence-electron chi connectivity index (χ2n) is 6.06. The molecule has 0 bridgehead atoms. The summed E-state index contributed by atoms with van der Waals surface area (Å²) >= 11 is 0. The zero-order valence-electron chi connectivity index (χ0n) is 14.3. The largest absolute Gasteiger partial charge is 0.354 e. The predicted molar refractivity (Wildman–Crippen MR) is 82.0 cm³/mol. The van der Waals surface area contributed by atoms with Crippen LogP contribution in [-0.4, -0.2) is 18.3 Å². The Bertz CT molecular complexity index is 892. The number of hydrogen-bond acceptors (Lipinski definition) is 0. The fraction of sp³-hybridized carbons (Fsp3) is 0.294. The van der Waals surface area contributed by atoms with Gasteiger partial charge >= 0.3 is 0 Å². The summed E-state index contributed by atoms with van der Waals surface area (Å²) in [7, 11) is 3.91. The Morgan fingerprint density at radius 1 is 0.720 bits per heavy atom. The molecule has 8 heteroatoms. The van der Waals surface area contributed by atoms with Crippen LogP contribution in [-0.2, 0) is 34.1 Å². The molecule has 0 aliphatic carbocycles. The maximum absolute atomic E-state index is 3.30. The molecule has 0 saturated carbocycles. The average Bonchev–Trinajstić information content (AvgIpc) is 3.33. The molecule has 0 atom stereocenters. The molecule has 0 aliphatic heterocycles. The van der Waals surface area contributed by atoms with Crippen LogP contribution in [0.2, 0.25) is 0 Å².